The molecule has 132 valence electrons. The normalized spacial score (nSPS) is 10.0. The fourth-order valence-corrected chi connectivity index (χ4v) is 2.30. The number of ether oxygens (including phenoxy) is 1. The molecule has 2 rings (SSSR count). The van der Waals surface area contributed by atoms with E-state index in [2.05, 4.69) is 16.2 Å². The highest BCUT2D eigenvalue weighted by Gasteiger charge is 2.07. The first kappa shape index (κ1) is 18.6. The largest absolute Gasteiger partial charge is 0.482 e. The van der Waals surface area contributed by atoms with Crippen molar-refractivity contribution < 1.29 is 14.3 Å². The molecular weight excluding hydrogens is 342 g/mol. The van der Waals surface area contributed by atoms with Gasteiger partial charge in [-0.3, -0.25) is 20.4 Å². The molecule has 0 atom stereocenters. The van der Waals surface area contributed by atoms with Gasteiger partial charge in [0.2, 0.25) is 0 Å². The second-order valence-corrected chi connectivity index (χ2v) is 5.89. The summed E-state index contributed by atoms with van der Waals surface area (Å²) in [6, 6.07) is 12.7. The van der Waals surface area contributed by atoms with Gasteiger partial charge in [-0.25, -0.2) is 0 Å². The third kappa shape index (κ3) is 6.00. The van der Waals surface area contributed by atoms with Crippen LogP contribution in [0.4, 0.5) is 5.69 Å². The van der Waals surface area contributed by atoms with E-state index in [9.17, 15) is 9.59 Å². The third-order valence-electron chi connectivity index (χ3n) is 3.36. The summed E-state index contributed by atoms with van der Waals surface area (Å²) in [6.07, 6.45) is 0. The van der Waals surface area contributed by atoms with E-state index in [-0.39, 0.29) is 19.1 Å². The van der Waals surface area contributed by atoms with Crippen molar-refractivity contribution >= 4 is 29.1 Å². The van der Waals surface area contributed by atoms with Crippen molar-refractivity contribution in [2.24, 2.45) is 0 Å². The molecule has 0 saturated heterocycles. The lowest BCUT2D eigenvalue weighted by molar-refractivity contribution is -0.129. The van der Waals surface area contributed by atoms with Gasteiger partial charge < -0.3 is 10.1 Å². The maximum absolute atomic E-state index is 11.8. The summed E-state index contributed by atoms with van der Waals surface area (Å²) in [5.41, 5.74) is 7.67. The topological polar surface area (TPSA) is 79.5 Å². The number of anilines is 1. The maximum atomic E-state index is 11.8. The average Bonchev–Trinajstić information content (AvgIpc) is 2.58. The summed E-state index contributed by atoms with van der Waals surface area (Å²) in [5.74, 6) is -0.451. The molecule has 0 saturated carbocycles. The number of carbonyl (C=O) groups is 2. The van der Waals surface area contributed by atoms with Gasteiger partial charge in [0.25, 0.3) is 11.8 Å². The molecule has 0 fully saturated rings. The Bertz CT molecular complexity index is 765. The number of hydrogen-bond acceptors (Lipinski definition) is 4. The van der Waals surface area contributed by atoms with Crippen LogP contribution in [0, 0.1) is 13.8 Å². The first-order valence-electron chi connectivity index (χ1n) is 7.72. The molecule has 0 heterocycles. The van der Waals surface area contributed by atoms with E-state index >= 15 is 0 Å². The molecule has 0 bridgehead atoms. The van der Waals surface area contributed by atoms with Gasteiger partial charge in [0.15, 0.2) is 6.61 Å². The zero-order valence-electron chi connectivity index (χ0n) is 14.1. The quantitative estimate of drug-likeness (QED) is 0.691. The van der Waals surface area contributed by atoms with Crippen LogP contribution in [0.5, 0.6) is 5.75 Å². The van der Waals surface area contributed by atoms with Gasteiger partial charge in [-0.2, -0.15) is 0 Å². The fourth-order valence-electron chi connectivity index (χ4n) is 2.11. The van der Waals surface area contributed by atoms with Crippen molar-refractivity contribution in [3.8, 4) is 5.75 Å². The lowest BCUT2D eigenvalue weighted by Gasteiger charge is -2.12. The van der Waals surface area contributed by atoms with E-state index in [4.69, 9.17) is 16.3 Å². The third-order valence-corrected chi connectivity index (χ3v) is 3.67. The Morgan fingerprint density at radius 3 is 2.48 bits per heavy atom. The molecule has 7 heteroatoms. The van der Waals surface area contributed by atoms with Crippen molar-refractivity contribution in [1.29, 1.82) is 0 Å². The minimum atomic E-state index is -0.486. The van der Waals surface area contributed by atoms with E-state index < -0.39 is 5.91 Å². The van der Waals surface area contributed by atoms with E-state index in [1.807, 2.05) is 32.0 Å². The first-order valence-corrected chi connectivity index (χ1v) is 8.09. The van der Waals surface area contributed by atoms with E-state index in [1.54, 1.807) is 24.3 Å². The standard InChI is InChI=1S/C18H20ClN3O3/c1-12-7-8-15(13(2)9-12)20-10-17(23)21-22-18(24)11-25-16-6-4-3-5-14(16)19/h3-9,20H,10-11H2,1-2H3,(H,21,23)(H,22,24). The lowest BCUT2D eigenvalue weighted by atomic mass is 10.1. The summed E-state index contributed by atoms with van der Waals surface area (Å²) in [4.78, 5) is 23.5. The number of hydrazine groups is 1. The van der Waals surface area contributed by atoms with Crippen molar-refractivity contribution in [3.63, 3.8) is 0 Å². The van der Waals surface area contributed by atoms with Crippen LogP contribution in [0.15, 0.2) is 42.5 Å². The second-order valence-electron chi connectivity index (χ2n) is 5.49. The lowest BCUT2D eigenvalue weighted by Crippen LogP contribution is -2.46. The van der Waals surface area contributed by atoms with Gasteiger partial charge in [0, 0.05) is 5.69 Å². The van der Waals surface area contributed by atoms with Crippen LogP contribution >= 0.6 is 11.6 Å². The van der Waals surface area contributed by atoms with Crippen molar-refractivity contribution in [2.45, 2.75) is 13.8 Å². The van der Waals surface area contributed by atoms with Gasteiger partial charge in [0.1, 0.15) is 5.75 Å². The van der Waals surface area contributed by atoms with Crippen LogP contribution in [0.3, 0.4) is 0 Å². The SMILES string of the molecule is Cc1ccc(NCC(=O)NNC(=O)COc2ccccc2Cl)c(C)c1. The molecule has 25 heavy (non-hydrogen) atoms. The van der Waals surface area contributed by atoms with Crippen molar-refractivity contribution in [1.82, 2.24) is 10.9 Å². The molecule has 6 nitrogen and oxygen atoms in total. The van der Waals surface area contributed by atoms with Crippen LogP contribution < -0.4 is 20.9 Å². The Morgan fingerprint density at radius 2 is 1.76 bits per heavy atom. The van der Waals surface area contributed by atoms with Crippen LogP contribution in [0.2, 0.25) is 5.02 Å². The van der Waals surface area contributed by atoms with Crippen LogP contribution in [-0.2, 0) is 9.59 Å². The van der Waals surface area contributed by atoms with Gasteiger partial charge in [0.05, 0.1) is 11.6 Å². The molecule has 2 aromatic rings. The molecule has 0 aromatic heterocycles. The highest BCUT2D eigenvalue weighted by molar-refractivity contribution is 6.32. The molecule has 0 radical (unpaired) electrons. The summed E-state index contributed by atoms with van der Waals surface area (Å²) in [5, 5.41) is 3.43. The van der Waals surface area contributed by atoms with Crippen LogP contribution in [-0.4, -0.2) is 25.0 Å². The monoisotopic (exact) mass is 361 g/mol. The number of nitrogens with one attached hydrogen (secondary N) is 3. The minimum absolute atomic E-state index is 0.0373. The van der Waals surface area contributed by atoms with E-state index in [0.717, 1.165) is 16.8 Å². The number of amides is 2. The highest BCUT2D eigenvalue weighted by atomic mass is 35.5. The Morgan fingerprint density at radius 1 is 1.04 bits per heavy atom. The van der Waals surface area contributed by atoms with Gasteiger partial charge in [-0.1, -0.05) is 41.4 Å². The maximum Gasteiger partial charge on any atom is 0.276 e. The van der Waals surface area contributed by atoms with Crippen molar-refractivity contribution in [2.75, 3.05) is 18.5 Å². The van der Waals surface area contributed by atoms with Gasteiger partial charge >= 0.3 is 0 Å². The number of halogens is 1. The highest BCUT2D eigenvalue weighted by Crippen LogP contribution is 2.22. The Balaban J connectivity index is 1.70. The Kier molecular flexibility index (Phi) is 6.65. The smallest absolute Gasteiger partial charge is 0.276 e. The van der Waals surface area contributed by atoms with Crippen LogP contribution in [0.25, 0.3) is 0 Å². The van der Waals surface area contributed by atoms with E-state index in [0.29, 0.717) is 10.8 Å². The molecule has 0 spiro atoms. The number of aryl methyl sites for hydroxylation is 2. The molecule has 0 aliphatic rings. The molecule has 0 unspecified atom stereocenters. The molecular formula is C18H20ClN3O3. The molecule has 2 amide bonds. The predicted molar refractivity (Wildman–Crippen MR) is 97.6 cm³/mol. The number of para-hydroxylation sites is 1. The van der Waals surface area contributed by atoms with E-state index in [1.165, 1.54) is 0 Å². The zero-order chi connectivity index (χ0) is 18.2. The molecule has 2 aromatic carbocycles. The zero-order valence-corrected chi connectivity index (χ0v) is 14.8. The number of hydrogen-bond donors (Lipinski definition) is 3. The van der Waals surface area contributed by atoms with Crippen LogP contribution in [0.1, 0.15) is 11.1 Å². The summed E-state index contributed by atoms with van der Waals surface area (Å²) >= 11 is 5.92. The molecule has 0 aliphatic carbocycles. The number of benzene rings is 2. The summed E-state index contributed by atoms with van der Waals surface area (Å²) in [7, 11) is 0. The summed E-state index contributed by atoms with van der Waals surface area (Å²) < 4.78 is 5.28. The first-order chi connectivity index (χ1) is 12.0. The Labute approximate surface area is 151 Å². The van der Waals surface area contributed by atoms with Gasteiger partial charge in [-0.05, 0) is 37.6 Å². The fraction of sp³-hybridized carbons (Fsp3) is 0.222. The molecule has 0 aliphatic heterocycles. The summed E-state index contributed by atoms with van der Waals surface area (Å²) in [6.45, 7) is 3.74. The van der Waals surface area contributed by atoms with Gasteiger partial charge in [-0.15, -0.1) is 0 Å². The molecule has 3 N–H and O–H groups in total. The Hall–Kier alpha value is -2.73. The average molecular weight is 362 g/mol. The number of rotatable bonds is 6. The number of carbonyl (C=O) groups excluding carboxylic acids is 2. The van der Waals surface area contributed by atoms with Crippen molar-refractivity contribution in [3.05, 3.63) is 58.6 Å². The second kappa shape index (κ2) is 8.94. The predicted octanol–water partition coefficient (Wildman–Crippen LogP) is 2.60. The minimum Gasteiger partial charge on any atom is -0.482 e.